The Hall–Kier alpha value is -1.88. The number of rotatable bonds is 5. The highest BCUT2D eigenvalue weighted by molar-refractivity contribution is 6.04. The molecule has 5 nitrogen and oxygen atoms in total. The zero-order valence-corrected chi connectivity index (χ0v) is 12.5. The lowest BCUT2D eigenvalue weighted by molar-refractivity contribution is -0.116. The van der Waals surface area contributed by atoms with E-state index < -0.39 is 0 Å². The van der Waals surface area contributed by atoms with Gasteiger partial charge in [0.15, 0.2) is 0 Å². The molecule has 1 aromatic rings. The Morgan fingerprint density at radius 1 is 1.25 bits per heavy atom. The molecule has 2 amide bonds. The quantitative estimate of drug-likeness (QED) is 0.888. The lowest BCUT2D eigenvalue weighted by Gasteiger charge is -2.28. The molecule has 110 valence electrons. The molecular formula is C15H22N2O3. The zero-order chi connectivity index (χ0) is 15.3. The Balaban J connectivity index is 3.18. The van der Waals surface area contributed by atoms with Gasteiger partial charge in [-0.15, -0.1) is 0 Å². The molecule has 0 saturated heterocycles. The molecule has 1 rings (SSSR count). The van der Waals surface area contributed by atoms with Gasteiger partial charge in [-0.2, -0.15) is 0 Å². The molecule has 0 bridgehead atoms. The van der Waals surface area contributed by atoms with Crippen LogP contribution in [-0.4, -0.2) is 48.1 Å². The van der Waals surface area contributed by atoms with E-state index in [9.17, 15) is 9.59 Å². The zero-order valence-electron chi connectivity index (χ0n) is 12.5. The van der Waals surface area contributed by atoms with Crippen molar-refractivity contribution in [2.75, 3.05) is 25.1 Å². The van der Waals surface area contributed by atoms with Gasteiger partial charge in [0.05, 0.1) is 17.9 Å². The van der Waals surface area contributed by atoms with Crippen LogP contribution in [0, 0.1) is 0 Å². The van der Waals surface area contributed by atoms with E-state index in [1.54, 1.807) is 36.2 Å². The molecule has 0 aliphatic heterocycles. The van der Waals surface area contributed by atoms with Crippen LogP contribution in [0.1, 0.15) is 31.1 Å². The summed E-state index contributed by atoms with van der Waals surface area (Å²) in [6, 6.07) is 6.97. The highest BCUT2D eigenvalue weighted by Gasteiger charge is 2.22. The van der Waals surface area contributed by atoms with Gasteiger partial charge in [0, 0.05) is 26.6 Å². The molecule has 0 radical (unpaired) electrons. The number of aliphatic hydroxyl groups is 1. The van der Waals surface area contributed by atoms with Crippen molar-refractivity contribution in [2.24, 2.45) is 0 Å². The number of carbonyl (C=O) groups excluding carboxylic acids is 2. The second kappa shape index (κ2) is 7.05. The van der Waals surface area contributed by atoms with Gasteiger partial charge in [0.25, 0.3) is 5.91 Å². The van der Waals surface area contributed by atoms with Gasteiger partial charge in [-0.1, -0.05) is 12.1 Å². The average molecular weight is 278 g/mol. The summed E-state index contributed by atoms with van der Waals surface area (Å²) < 4.78 is 0. The summed E-state index contributed by atoms with van der Waals surface area (Å²) in [5.74, 6) is -0.318. The van der Waals surface area contributed by atoms with Crippen molar-refractivity contribution in [3.8, 4) is 0 Å². The Bertz CT molecular complexity index is 486. The maximum Gasteiger partial charge on any atom is 0.256 e. The monoisotopic (exact) mass is 278 g/mol. The molecule has 0 heterocycles. The van der Waals surface area contributed by atoms with Gasteiger partial charge >= 0.3 is 0 Å². The number of carbonyl (C=O) groups is 2. The maximum absolute atomic E-state index is 12.6. The van der Waals surface area contributed by atoms with Crippen molar-refractivity contribution in [1.82, 2.24) is 4.90 Å². The third-order valence-corrected chi connectivity index (χ3v) is 3.19. The maximum atomic E-state index is 12.6. The van der Waals surface area contributed by atoms with Crippen molar-refractivity contribution < 1.29 is 14.7 Å². The molecule has 0 atom stereocenters. The van der Waals surface area contributed by atoms with Crippen LogP contribution in [-0.2, 0) is 4.79 Å². The van der Waals surface area contributed by atoms with Gasteiger partial charge in [-0.05, 0) is 26.0 Å². The summed E-state index contributed by atoms with van der Waals surface area (Å²) in [5.41, 5.74) is 1.04. The van der Waals surface area contributed by atoms with Gasteiger partial charge in [0.2, 0.25) is 5.91 Å². The Morgan fingerprint density at radius 2 is 1.85 bits per heavy atom. The summed E-state index contributed by atoms with van der Waals surface area (Å²) in [6.45, 7) is 5.42. The number of benzene rings is 1. The van der Waals surface area contributed by atoms with E-state index >= 15 is 0 Å². The molecular weight excluding hydrogens is 256 g/mol. The lowest BCUT2D eigenvalue weighted by atomic mass is 10.1. The summed E-state index contributed by atoms with van der Waals surface area (Å²) in [7, 11) is 1.64. The normalized spacial score (nSPS) is 10.5. The fourth-order valence-electron chi connectivity index (χ4n) is 1.97. The summed E-state index contributed by atoms with van der Waals surface area (Å²) in [5, 5.41) is 9.09. The summed E-state index contributed by atoms with van der Waals surface area (Å²) in [6.07, 6.45) is 0. The smallest absolute Gasteiger partial charge is 0.256 e. The van der Waals surface area contributed by atoms with Gasteiger partial charge in [-0.3, -0.25) is 9.59 Å². The van der Waals surface area contributed by atoms with Crippen LogP contribution in [0.5, 0.6) is 0 Å². The first-order valence-electron chi connectivity index (χ1n) is 6.65. The fraction of sp³-hybridized carbons (Fsp3) is 0.467. The van der Waals surface area contributed by atoms with Crippen molar-refractivity contribution in [2.45, 2.75) is 26.8 Å². The molecule has 0 aromatic heterocycles. The van der Waals surface area contributed by atoms with E-state index in [0.29, 0.717) is 11.3 Å². The van der Waals surface area contributed by atoms with Gasteiger partial charge in [-0.25, -0.2) is 0 Å². The number of amides is 2. The van der Waals surface area contributed by atoms with Crippen LogP contribution in [0.3, 0.4) is 0 Å². The number of hydrogen-bond acceptors (Lipinski definition) is 3. The topological polar surface area (TPSA) is 60.9 Å². The fourth-order valence-corrected chi connectivity index (χ4v) is 1.97. The average Bonchev–Trinajstić information content (AvgIpc) is 2.42. The molecule has 0 saturated carbocycles. The van der Waals surface area contributed by atoms with Crippen molar-refractivity contribution in [3.05, 3.63) is 29.8 Å². The molecule has 0 fully saturated rings. The highest BCUT2D eigenvalue weighted by Crippen LogP contribution is 2.21. The van der Waals surface area contributed by atoms with Crippen molar-refractivity contribution >= 4 is 17.5 Å². The minimum atomic E-state index is -0.183. The largest absolute Gasteiger partial charge is 0.395 e. The number of hydrogen-bond donors (Lipinski definition) is 1. The molecule has 0 spiro atoms. The van der Waals surface area contributed by atoms with E-state index in [0.717, 1.165) is 0 Å². The predicted octanol–water partition coefficient (Wildman–Crippen LogP) is 1.51. The summed E-state index contributed by atoms with van der Waals surface area (Å²) in [4.78, 5) is 27.1. The number of nitrogens with zero attached hydrogens (tertiary/aromatic N) is 2. The van der Waals surface area contributed by atoms with Crippen LogP contribution < -0.4 is 4.90 Å². The van der Waals surface area contributed by atoms with E-state index in [2.05, 4.69) is 0 Å². The van der Waals surface area contributed by atoms with Crippen LogP contribution >= 0.6 is 0 Å². The molecule has 0 unspecified atom stereocenters. The standard InChI is InChI=1S/C15H22N2O3/c1-11(2)17(9-10-18)15(20)13-7-5-6-8-14(13)16(4)12(3)19/h5-8,11,18H,9-10H2,1-4H3. The first kappa shape index (κ1) is 16.2. The molecule has 20 heavy (non-hydrogen) atoms. The third kappa shape index (κ3) is 3.57. The molecule has 0 aliphatic carbocycles. The molecule has 1 N–H and O–H groups in total. The molecule has 1 aromatic carbocycles. The highest BCUT2D eigenvalue weighted by atomic mass is 16.3. The van der Waals surface area contributed by atoms with Crippen LogP contribution in [0.15, 0.2) is 24.3 Å². The van der Waals surface area contributed by atoms with E-state index in [1.165, 1.54) is 11.8 Å². The summed E-state index contributed by atoms with van der Waals surface area (Å²) >= 11 is 0. The van der Waals surface area contributed by atoms with Crippen molar-refractivity contribution in [3.63, 3.8) is 0 Å². The molecule has 5 heteroatoms. The SMILES string of the molecule is CC(=O)N(C)c1ccccc1C(=O)N(CCO)C(C)C. The third-order valence-electron chi connectivity index (χ3n) is 3.19. The van der Waals surface area contributed by atoms with Crippen molar-refractivity contribution in [1.29, 1.82) is 0 Å². The van der Waals surface area contributed by atoms with Gasteiger partial charge < -0.3 is 14.9 Å². The number of para-hydroxylation sites is 1. The second-order valence-corrected chi connectivity index (χ2v) is 4.91. The Morgan fingerprint density at radius 3 is 2.35 bits per heavy atom. The Kier molecular flexibility index (Phi) is 5.70. The number of anilines is 1. The second-order valence-electron chi connectivity index (χ2n) is 4.91. The lowest BCUT2D eigenvalue weighted by Crippen LogP contribution is -2.40. The van der Waals surface area contributed by atoms with E-state index in [4.69, 9.17) is 5.11 Å². The first-order valence-corrected chi connectivity index (χ1v) is 6.65. The van der Waals surface area contributed by atoms with E-state index in [-0.39, 0.29) is 31.0 Å². The minimum absolute atomic E-state index is 0.0228. The van der Waals surface area contributed by atoms with E-state index in [1.807, 2.05) is 13.8 Å². The predicted molar refractivity (Wildman–Crippen MR) is 78.8 cm³/mol. The Labute approximate surface area is 119 Å². The number of aliphatic hydroxyl groups excluding tert-OH is 1. The first-order chi connectivity index (χ1) is 9.40. The minimum Gasteiger partial charge on any atom is -0.395 e. The van der Waals surface area contributed by atoms with Crippen LogP contribution in [0.25, 0.3) is 0 Å². The van der Waals surface area contributed by atoms with Crippen LogP contribution in [0.4, 0.5) is 5.69 Å². The van der Waals surface area contributed by atoms with Crippen LogP contribution in [0.2, 0.25) is 0 Å². The van der Waals surface area contributed by atoms with Gasteiger partial charge in [0.1, 0.15) is 0 Å². The molecule has 0 aliphatic rings.